The Hall–Kier alpha value is -6.40. The van der Waals surface area contributed by atoms with Gasteiger partial charge in [0.2, 0.25) is 11.7 Å². The molecule has 50 heavy (non-hydrogen) atoms. The second-order valence-electron chi connectivity index (χ2n) is 11.9. The second-order valence-corrected chi connectivity index (χ2v) is 11.9. The zero-order chi connectivity index (χ0) is 34.8. The number of carbonyl (C=O) groups is 2. The lowest BCUT2D eigenvalue weighted by Gasteiger charge is -2.12. The number of phenolic OH excluding ortho intramolecular Hbond substituents is 2. The number of nitrogens with two attached hydrogens (primary N) is 1. The quantitative estimate of drug-likeness (QED) is 0.0470. The van der Waals surface area contributed by atoms with Crippen LogP contribution in [-0.4, -0.2) is 57.2 Å². The molecule has 4 aromatic carbocycles. The molecule has 0 aliphatic carbocycles. The number of H-pyrrole nitrogens is 3. The maximum absolute atomic E-state index is 13.1. The normalized spacial score (nSPS) is 11.3. The first-order valence-electron chi connectivity index (χ1n) is 16.1. The molecule has 12 nitrogen and oxygen atoms in total. The Balaban J connectivity index is 1.03. The van der Waals surface area contributed by atoms with E-state index < -0.39 is 17.5 Å². The number of carbonyl (C=O) groups excluding carboxylic acids is 2. The third kappa shape index (κ3) is 6.51. The highest BCUT2D eigenvalue weighted by Gasteiger charge is 2.19. The van der Waals surface area contributed by atoms with Crippen molar-refractivity contribution in [2.24, 2.45) is 5.73 Å². The summed E-state index contributed by atoms with van der Waals surface area (Å²) in [4.78, 5) is 35.7. The molecule has 0 aliphatic rings. The summed E-state index contributed by atoms with van der Waals surface area (Å²) in [5, 5.41) is 26.7. The first kappa shape index (κ1) is 32.2. The van der Waals surface area contributed by atoms with Crippen LogP contribution in [0.25, 0.3) is 32.7 Å². The maximum atomic E-state index is 13.1. The Morgan fingerprint density at radius 1 is 0.740 bits per heavy atom. The van der Waals surface area contributed by atoms with Crippen LogP contribution in [0.1, 0.15) is 27.0 Å². The smallest absolute Gasteiger partial charge is 0.343 e. The molecular weight excluding hydrogens is 638 g/mol. The third-order valence-corrected chi connectivity index (χ3v) is 8.66. The van der Waals surface area contributed by atoms with Crippen LogP contribution >= 0.6 is 0 Å². The Bertz CT molecular complexity index is 2370. The number of ether oxygens (including phenoxy) is 3. The molecule has 3 aromatic heterocycles. The highest BCUT2D eigenvalue weighted by atomic mass is 16.5. The van der Waals surface area contributed by atoms with Gasteiger partial charge >= 0.3 is 5.97 Å². The van der Waals surface area contributed by atoms with E-state index in [9.17, 15) is 19.8 Å². The standard InChI is InChI=1S/C38H35N5O7/c1-48-25-2-5-31-28(15-25)22(19-42-31)9-11-40-36(45)14-24-20-43-33-6-3-26(16-30(24)33)49-35-13-23(12-34(44)37(35)46)38(47)50-27-4-7-32-29(17-27)21(8-10-39)18-41-32/h2-7,12-13,15-20,41-44,46H,8-11,14,39H2,1H3,(H,40,45). The van der Waals surface area contributed by atoms with E-state index in [1.807, 2.05) is 30.6 Å². The second kappa shape index (κ2) is 13.6. The van der Waals surface area contributed by atoms with Gasteiger partial charge in [-0.25, -0.2) is 4.79 Å². The molecular formula is C38H35N5O7. The van der Waals surface area contributed by atoms with Crippen molar-refractivity contribution in [2.45, 2.75) is 19.3 Å². The Kier molecular flexibility index (Phi) is 8.75. The van der Waals surface area contributed by atoms with Crippen LogP contribution in [0.2, 0.25) is 0 Å². The first-order chi connectivity index (χ1) is 24.3. The Labute approximate surface area is 285 Å². The average Bonchev–Trinajstić information content (AvgIpc) is 3.83. The first-order valence-corrected chi connectivity index (χ1v) is 16.1. The van der Waals surface area contributed by atoms with Gasteiger partial charge in [-0.3, -0.25) is 4.79 Å². The third-order valence-electron chi connectivity index (χ3n) is 8.66. The van der Waals surface area contributed by atoms with E-state index in [-0.39, 0.29) is 23.6 Å². The number of aromatic amines is 3. The molecule has 0 radical (unpaired) electrons. The summed E-state index contributed by atoms with van der Waals surface area (Å²) in [6.45, 7) is 0.932. The lowest BCUT2D eigenvalue weighted by molar-refractivity contribution is -0.120. The van der Waals surface area contributed by atoms with Gasteiger partial charge in [0, 0.05) is 57.8 Å². The Morgan fingerprint density at radius 3 is 2.00 bits per heavy atom. The predicted molar refractivity (Wildman–Crippen MR) is 189 cm³/mol. The summed E-state index contributed by atoms with van der Waals surface area (Å²) in [6.07, 6.45) is 7.02. The molecule has 0 aliphatic heterocycles. The van der Waals surface area contributed by atoms with Gasteiger partial charge in [0.25, 0.3) is 0 Å². The fourth-order valence-corrected chi connectivity index (χ4v) is 6.10. The highest BCUT2D eigenvalue weighted by molar-refractivity contribution is 5.94. The van der Waals surface area contributed by atoms with Gasteiger partial charge in [0.1, 0.15) is 17.2 Å². The molecule has 0 unspecified atom stereocenters. The summed E-state index contributed by atoms with van der Waals surface area (Å²) in [5.41, 5.74) is 11.2. The van der Waals surface area contributed by atoms with E-state index >= 15 is 0 Å². The Morgan fingerprint density at radius 2 is 1.32 bits per heavy atom. The van der Waals surface area contributed by atoms with Crippen LogP contribution in [0.5, 0.6) is 34.5 Å². The summed E-state index contributed by atoms with van der Waals surface area (Å²) in [6, 6.07) is 18.6. The van der Waals surface area contributed by atoms with E-state index in [2.05, 4.69) is 20.3 Å². The zero-order valence-electron chi connectivity index (χ0n) is 27.1. The number of methoxy groups -OCH3 is 1. The van der Waals surface area contributed by atoms with Gasteiger partial charge in [-0.1, -0.05) is 0 Å². The minimum absolute atomic E-state index is 0.0292. The number of phenols is 2. The van der Waals surface area contributed by atoms with Gasteiger partial charge < -0.3 is 50.4 Å². The minimum Gasteiger partial charge on any atom is -0.504 e. The van der Waals surface area contributed by atoms with Crippen LogP contribution in [0.3, 0.4) is 0 Å². The van der Waals surface area contributed by atoms with Crippen molar-refractivity contribution in [1.82, 2.24) is 20.3 Å². The average molecular weight is 674 g/mol. The monoisotopic (exact) mass is 673 g/mol. The molecule has 0 saturated heterocycles. The summed E-state index contributed by atoms with van der Waals surface area (Å²) >= 11 is 0. The van der Waals surface area contributed by atoms with Crippen molar-refractivity contribution in [1.29, 1.82) is 0 Å². The maximum Gasteiger partial charge on any atom is 0.343 e. The molecule has 0 spiro atoms. The summed E-state index contributed by atoms with van der Waals surface area (Å²) in [5.74, 6) is -0.730. The molecule has 254 valence electrons. The van der Waals surface area contributed by atoms with Gasteiger partial charge in [0.05, 0.1) is 19.1 Å². The lowest BCUT2D eigenvalue weighted by Crippen LogP contribution is -2.27. The van der Waals surface area contributed by atoms with Gasteiger partial charge in [-0.2, -0.15) is 0 Å². The molecule has 0 saturated carbocycles. The molecule has 12 heteroatoms. The summed E-state index contributed by atoms with van der Waals surface area (Å²) in [7, 11) is 1.63. The number of hydrogen-bond donors (Lipinski definition) is 7. The number of esters is 1. The fraction of sp³-hybridized carbons (Fsp3) is 0.158. The summed E-state index contributed by atoms with van der Waals surface area (Å²) < 4.78 is 16.9. The van der Waals surface area contributed by atoms with Gasteiger partial charge in [-0.15, -0.1) is 0 Å². The van der Waals surface area contributed by atoms with Crippen LogP contribution < -0.4 is 25.3 Å². The molecule has 1 amide bonds. The van der Waals surface area contributed by atoms with Crippen molar-refractivity contribution >= 4 is 44.6 Å². The largest absolute Gasteiger partial charge is 0.504 e. The zero-order valence-corrected chi connectivity index (χ0v) is 27.1. The molecule has 7 aromatic rings. The number of benzene rings is 4. The number of aromatic nitrogens is 3. The van der Waals surface area contributed by atoms with E-state index in [0.717, 1.165) is 61.2 Å². The van der Waals surface area contributed by atoms with Crippen molar-refractivity contribution in [3.8, 4) is 34.5 Å². The van der Waals surface area contributed by atoms with Crippen LogP contribution in [0.4, 0.5) is 0 Å². The van der Waals surface area contributed by atoms with E-state index in [1.165, 1.54) is 6.07 Å². The van der Waals surface area contributed by atoms with Crippen LogP contribution in [-0.2, 0) is 24.1 Å². The molecule has 3 heterocycles. The highest BCUT2D eigenvalue weighted by Crippen LogP contribution is 2.40. The number of rotatable bonds is 12. The van der Waals surface area contributed by atoms with Crippen LogP contribution in [0, 0.1) is 0 Å². The van der Waals surface area contributed by atoms with E-state index in [0.29, 0.717) is 37.4 Å². The number of amides is 1. The number of fused-ring (bicyclic) bond motifs is 3. The number of hydrogen-bond acceptors (Lipinski definition) is 8. The molecule has 7 rings (SSSR count). The molecule has 0 bridgehead atoms. The fourth-order valence-electron chi connectivity index (χ4n) is 6.10. The van der Waals surface area contributed by atoms with Crippen molar-refractivity contribution in [2.75, 3.05) is 20.2 Å². The predicted octanol–water partition coefficient (Wildman–Crippen LogP) is 5.96. The van der Waals surface area contributed by atoms with Crippen molar-refractivity contribution < 1.29 is 34.0 Å². The van der Waals surface area contributed by atoms with E-state index in [1.54, 1.807) is 49.7 Å². The number of aromatic hydroxyl groups is 2. The SMILES string of the molecule is COc1ccc2[nH]cc(CCNC(=O)Cc3c[nH]c4ccc(Oc5cc(C(=O)Oc6ccc7[nH]cc(CCN)c7c6)cc(O)c5O)cc34)c2c1. The van der Waals surface area contributed by atoms with Crippen LogP contribution in [0.15, 0.2) is 85.3 Å². The van der Waals surface area contributed by atoms with E-state index in [4.69, 9.17) is 19.9 Å². The topological polar surface area (TPSA) is 188 Å². The molecule has 0 fully saturated rings. The van der Waals surface area contributed by atoms with Gasteiger partial charge in [-0.05, 0) is 103 Å². The molecule has 0 atom stereocenters. The minimum atomic E-state index is -0.751. The van der Waals surface area contributed by atoms with Crippen molar-refractivity contribution in [3.05, 3.63) is 108 Å². The molecule has 8 N–H and O–H groups in total. The van der Waals surface area contributed by atoms with Crippen molar-refractivity contribution in [3.63, 3.8) is 0 Å². The van der Waals surface area contributed by atoms with Gasteiger partial charge in [0.15, 0.2) is 11.5 Å². The lowest BCUT2D eigenvalue weighted by atomic mass is 10.1. The number of nitrogens with one attached hydrogen (secondary N) is 4.